The van der Waals surface area contributed by atoms with Crippen molar-refractivity contribution in [3.8, 4) is 22.6 Å². The number of methoxy groups -OCH3 is 2. The SMILES string of the molecule is COC(=O)c1c(NC(=S)NNC(=O)[C@@H](C)Oc2cccc(OC)c2)sc(C)c1-c1ccccc1. The van der Waals surface area contributed by atoms with Crippen LogP contribution in [0.25, 0.3) is 11.1 Å². The Bertz CT molecular complexity index is 1180. The van der Waals surface area contributed by atoms with Gasteiger partial charge in [0.25, 0.3) is 5.91 Å². The van der Waals surface area contributed by atoms with E-state index in [1.807, 2.05) is 37.3 Å². The highest BCUT2D eigenvalue weighted by molar-refractivity contribution is 7.80. The molecule has 0 saturated carbocycles. The number of carbonyl (C=O) groups excluding carboxylic acids is 2. The molecule has 0 aliphatic rings. The van der Waals surface area contributed by atoms with E-state index >= 15 is 0 Å². The number of ether oxygens (including phenoxy) is 3. The van der Waals surface area contributed by atoms with Gasteiger partial charge in [-0.15, -0.1) is 11.3 Å². The summed E-state index contributed by atoms with van der Waals surface area (Å²) < 4.78 is 15.8. The molecule has 178 valence electrons. The second-order valence-corrected chi connectivity index (χ2v) is 8.74. The molecule has 0 unspecified atom stereocenters. The maximum atomic E-state index is 12.6. The maximum absolute atomic E-state index is 12.6. The van der Waals surface area contributed by atoms with Gasteiger partial charge in [-0.05, 0) is 43.8 Å². The van der Waals surface area contributed by atoms with Crippen LogP contribution in [0.3, 0.4) is 0 Å². The van der Waals surface area contributed by atoms with Crippen molar-refractivity contribution in [3.63, 3.8) is 0 Å². The number of thiocarbonyl (C=S) groups is 1. The average molecular weight is 500 g/mol. The molecule has 1 heterocycles. The summed E-state index contributed by atoms with van der Waals surface area (Å²) in [5.41, 5.74) is 7.19. The predicted molar refractivity (Wildman–Crippen MR) is 136 cm³/mol. The van der Waals surface area contributed by atoms with Crippen molar-refractivity contribution in [3.05, 3.63) is 65.0 Å². The molecule has 0 bridgehead atoms. The fraction of sp³-hybridized carbons (Fsp3) is 0.208. The third-order valence-electron chi connectivity index (χ3n) is 4.79. The van der Waals surface area contributed by atoms with E-state index in [0.29, 0.717) is 22.1 Å². The van der Waals surface area contributed by atoms with Gasteiger partial charge < -0.3 is 19.5 Å². The molecule has 1 amide bonds. The molecule has 0 aliphatic carbocycles. The Morgan fingerprint density at radius 2 is 1.71 bits per heavy atom. The average Bonchev–Trinajstić information content (AvgIpc) is 3.17. The third kappa shape index (κ3) is 6.03. The smallest absolute Gasteiger partial charge is 0.341 e. The minimum atomic E-state index is -0.804. The van der Waals surface area contributed by atoms with Crippen molar-refractivity contribution in [1.29, 1.82) is 0 Å². The molecule has 0 saturated heterocycles. The number of benzene rings is 2. The lowest BCUT2D eigenvalue weighted by molar-refractivity contribution is -0.127. The number of thiophene rings is 1. The summed E-state index contributed by atoms with van der Waals surface area (Å²) in [7, 11) is 2.88. The lowest BCUT2D eigenvalue weighted by atomic mass is 10.0. The zero-order valence-corrected chi connectivity index (χ0v) is 20.8. The minimum absolute atomic E-state index is 0.105. The van der Waals surface area contributed by atoms with Gasteiger partial charge in [0.1, 0.15) is 22.1 Å². The van der Waals surface area contributed by atoms with Crippen molar-refractivity contribution in [2.24, 2.45) is 0 Å². The van der Waals surface area contributed by atoms with E-state index in [1.165, 1.54) is 18.4 Å². The number of esters is 1. The number of rotatable bonds is 7. The van der Waals surface area contributed by atoms with E-state index in [-0.39, 0.29) is 5.11 Å². The monoisotopic (exact) mass is 499 g/mol. The number of nitrogens with one attached hydrogen (secondary N) is 3. The summed E-state index contributed by atoms with van der Waals surface area (Å²) in [6.45, 7) is 3.53. The number of amides is 1. The van der Waals surface area contributed by atoms with Gasteiger partial charge in [0.2, 0.25) is 0 Å². The van der Waals surface area contributed by atoms with Crippen LogP contribution in [0, 0.1) is 6.92 Å². The molecule has 2 aromatic carbocycles. The van der Waals surface area contributed by atoms with Gasteiger partial charge in [-0.3, -0.25) is 15.6 Å². The van der Waals surface area contributed by atoms with Gasteiger partial charge in [0.05, 0.1) is 14.2 Å². The lowest BCUT2D eigenvalue weighted by Gasteiger charge is -2.17. The Hall–Kier alpha value is -3.63. The molecule has 3 N–H and O–H groups in total. The van der Waals surface area contributed by atoms with Crippen LogP contribution >= 0.6 is 23.6 Å². The number of anilines is 1. The molecular weight excluding hydrogens is 474 g/mol. The van der Waals surface area contributed by atoms with Gasteiger partial charge in [0, 0.05) is 16.5 Å². The summed E-state index contributed by atoms with van der Waals surface area (Å²) in [5, 5.41) is 3.60. The Labute approximate surface area is 207 Å². The molecule has 3 rings (SSSR count). The Morgan fingerprint density at radius 3 is 2.38 bits per heavy atom. The van der Waals surface area contributed by atoms with Crippen molar-refractivity contribution < 1.29 is 23.8 Å². The highest BCUT2D eigenvalue weighted by Gasteiger charge is 2.24. The van der Waals surface area contributed by atoms with E-state index < -0.39 is 18.0 Å². The first kappa shape index (κ1) is 25.0. The first-order valence-electron chi connectivity index (χ1n) is 10.3. The third-order valence-corrected chi connectivity index (χ3v) is 6.01. The van der Waals surface area contributed by atoms with E-state index in [0.717, 1.165) is 16.0 Å². The Balaban J connectivity index is 1.66. The minimum Gasteiger partial charge on any atom is -0.497 e. The number of hydrazine groups is 1. The van der Waals surface area contributed by atoms with Crippen molar-refractivity contribution >= 4 is 45.5 Å². The summed E-state index contributed by atoms with van der Waals surface area (Å²) in [5.74, 6) is 0.189. The molecule has 1 aromatic heterocycles. The molecule has 3 aromatic rings. The van der Waals surface area contributed by atoms with Gasteiger partial charge in [-0.1, -0.05) is 36.4 Å². The largest absolute Gasteiger partial charge is 0.497 e. The van der Waals surface area contributed by atoms with Crippen LogP contribution in [0.4, 0.5) is 5.00 Å². The number of hydrogen-bond donors (Lipinski definition) is 3. The van der Waals surface area contributed by atoms with Crippen molar-refractivity contribution in [2.75, 3.05) is 19.5 Å². The van der Waals surface area contributed by atoms with Crippen LogP contribution in [-0.4, -0.2) is 37.3 Å². The molecule has 10 heteroatoms. The van der Waals surface area contributed by atoms with E-state index in [4.69, 9.17) is 26.4 Å². The molecule has 0 radical (unpaired) electrons. The van der Waals surface area contributed by atoms with Crippen molar-refractivity contribution in [1.82, 2.24) is 10.9 Å². The summed E-state index contributed by atoms with van der Waals surface area (Å²) >= 11 is 6.68. The van der Waals surface area contributed by atoms with Crippen LogP contribution in [0.15, 0.2) is 54.6 Å². The molecule has 0 spiro atoms. The van der Waals surface area contributed by atoms with E-state index in [9.17, 15) is 9.59 Å². The highest BCUT2D eigenvalue weighted by atomic mass is 32.1. The molecular formula is C24H25N3O5S2. The Morgan fingerprint density at radius 1 is 1.00 bits per heavy atom. The molecule has 0 fully saturated rings. The van der Waals surface area contributed by atoms with Crippen LogP contribution < -0.4 is 25.6 Å². The molecule has 1 atom stereocenters. The maximum Gasteiger partial charge on any atom is 0.341 e. The summed E-state index contributed by atoms with van der Waals surface area (Å²) in [4.78, 5) is 25.9. The first-order valence-corrected chi connectivity index (χ1v) is 11.5. The van der Waals surface area contributed by atoms with Crippen LogP contribution in [0.1, 0.15) is 22.2 Å². The lowest BCUT2D eigenvalue weighted by Crippen LogP contribution is -2.48. The summed E-state index contributed by atoms with van der Waals surface area (Å²) in [6, 6.07) is 16.5. The van der Waals surface area contributed by atoms with Crippen molar-refractivity contribution in [2.45, 2.75) is 20.0 Å². The molecule has 8 nitrogen and oxygen atoms in total. The van der Waals surface area contributed by atoms with Gasteiger partial charge in [0.15, 0.2) is 11.2 Å². The normalized spacial score (nSPS) is 11.2. The molecule has 34 heavy (non-hydrogen) atoms. The van der Waals surface area contributed by atoms with Gasteiger partial charge in [-0.25, -0.2) is 4.79 Å². The summed E-state index contributed by atoms with van der Waals surface area (Å²) in [6.07, 6.45) is -0.804. The van der Waals surface area contributed by atoms with Crippen LogP contribution in [0.5, 0.6) is 11.5 Å². The number of aryl methyl sites for hydroxylation is 1. The second kappa shape index (κ2) is 11.5. The van der Waals surface area contributed by atoms with Crippen LogP contribution in [-0.2, 0) is 9.53 Å². The topological polar surface area (TPSA) is 97.9 Å². The fourth-order valence-corrected chi connectivity index (χ4v) is 4.45. The second-order valence-electron chi connectivity index (χ2n) is 7.10. The zero-order chi connectivity index (χ0) is 24.7. The van der Waals surface area contributed by atoms with E-state index in [2.05, 4.69) is 16.2 Å². The standard InChI is InChI=1S/C24H25N3O5S2/c1-14(32-18-12-8-11-17(13-18)30-3)21(28)26-27-24(33)25-22-20(23(29)31-4)19(15(2)34-22)16-9-6-5-7-10-16/h5-14H,1-4H3,(H,26,28)(H2,25,27,33)/t14-/m1/s1. The van der Waals surface area contributed by atoms with Gasteiger partial charge >= 0.3 is 5.97 Å². The molecule has 0 aliphatic heterocycles. The number of carbonyl (C=O) groups is 2. The predicted octanol–water partition coefficient (Wildman–Crippen LogP) is 4.30. The first-order chi connectivity index (χ1) is 16.3. The number of hydrogen-bond acceptors (Lipinski definition) is 7. The quantitative estimate of drug-likeness (QED) is 0.251. The highest BCUT2D eigenvalue weighted by Crippen LogP contribution is 2.40. The zero-order valence-electron chi connectivity index (χ0n) is 19.1. The fourth-order valence-electron chi connectivity index (χ4n) is 3.17. The van der Waals surface area contributed by atoms with Crippen LogP contribution in [0.2, 0.25) is 0 Å². The Kier molecular flexibility index (Phi) is 8.44. The van der Waals surface area contributed by atoms with Gasteiger partial charge in [-0.2, -0.15) is 0 Å². The van der Waals surface area contributed by atoms with E-state index in [1.54, 1.807) is 38.3 Å².